The predicted molar refractivity (Wildman–Crippen MR) is 136 cm³/mol. The van der Waals surface area contributed by atoms with Crippen LogP contribution in [0, 0.1) is 6.92 Å². The molecule has 0 fully saturated rings. The van der Waals surface area contributed by atoms with Gasteiger partial charge in [-0.15, -0.1) is 0 Å². The molecular weight excluding hydrogens is 422 g/mol. The molecular formula is C28H27N5O. The van der Waals surface area contributed by atoms with Crippen molar-refractivity contribution < 1.29 is 5.11 Å². The van der Waals surface area contributed by atoms with Crippen molar-refractivity contribution in [2.75, 3.05) is 20.2 Å². The van der Waals surface area contributed by atoms with Crippen LogP contribution in [0.1, 0.15) is 11.3 Å². The molecule has 6 nitrogen and oxygen atoms in total. The van der Waals surface area contributed by atoms with Crippen LogP contribution < -0.4 is 0 Å². The number of nitrogens with one attached hydrogen (secondary N) is 1. The highest BCUT2D eigenvalue weighted by molar-refractivity contribution is 5.95. The van der Waals surface area contributed by atoms with Gasteiger partial charge in [0.15, 0.2) is 0 Å². The van der Waals surface area contributed by atoms with Crippen LogP contribution in [0.15, 0.2) is 79.3 Å². The molecule has 0 unspecified atom stereocenters. The lowest BCUT2D eigenvalue weighted by molar-refractivity contribution is 0.217. The maximum absolute atomic E-state index is 9.19. The lowest BCUT2D eigenvalue weighted by Crippen LogP contribution is -2.21. The molecule has 0 radical (unpaired) electrons. The van der Waals surface area contributed by atoms with Gasteiger partial charge in [-0.3, -0.25) is 14.9 Å². The fourth-order valence-corrected chi connectivity index (χ4v) is 4.25. The van der Waals surface area contributed by atoms with E-state index in [1.54, 1.807) is 0 Å². The second kappa shape index (κ2) is 9.55. The quantitative estimate of drug-likeness (QED) is 0.362. The van der Waals surface area contributed by atoms with Crippen LogP contribution in [0.5, 0.6) is 0 Å². The minimum atomic E-state index is 0.155. The van der Waals surface area contributed by atoms with E-state index in [0.29, 0.717) is 6.54 Å². The fraction of sp³-hybridized carbons (Fsp3) is 0.179. The molecule has 34 heavy (non-hydrogen) atoms. The van der Waals surface area contributed by atoms with E-state index in [1.165, 1.54) is 5.56 Å². The van der Waals surface area contributed by atoms with Crippen molar-refractivity contribution in [2.45, 2.75) is 13.5 Å². The smallest absolute Gasteiger partial charge is 0.138 e. The molecule has 1 aromatic carbocycles. The molecule has 0 saturated carbocycles. The first-order chi connectivity index (χ1) is 16.6. The Bertz CT molecular complexity index is 1440. The third-order valence-corrected chi connectivity index (χ3v) is 5.92. The van der Waals surface area contributed by atoms with Crippen molar-refractivity contribution in [1.29, 1.82) is 0 Å². The second-order valence-corrected chi connectivity index (χ2v) is 8.58. The van der Waals surface area contributed by atoms with Gasteiger partial charge in [0, 0.05) is 53.9 Å². The van der Waals surface area contributed by atoms with Crippen molar-refractivity contribution in [3.05, 3.63) is 90.5 Å². The zero-order valence-corrected chi connectivity index (χ0v) is 19.4. The van der Waals surface area contributed by atoms with Gasteiger partial charge in [0.25, 0.3) is 0 Å². The summed E-state index contributed by atoms with van der Waals surface area (Å²) in [6.07, 6.45) is 5.72. The van der Waals surface area contributed by atoms with E-state index in [4.69, 9.17) is 4.98 Å². The Morgan fingerprint density at radius 3 is 2.59 bits per heavy atom. The van der Waals surface area contributed by atoms with Gasteiger partial charge in [0.05, 0.1) is 18.0 Å². The molecule has 0 aliphatic carbocycles. The summed E-state index contributed by atoms with van der Waals surface area (Å²) in [5.74, 6) is 0. The SMILES string of the molecule is Cc1cccc(-c2cc(-c3cncc(-c4cccc(CN(C)CCO)c4)c3)c3cc[nH]c3n2)n1. The normalized spacial score (nSPS) is 11.4. The van der Waals surface area contributed by atoms with Crippen LogP contribution in [0.2, 0.25) is 0 Å². The van der Waals surface area contributed by atoms with Crippen molar-refractivity contribution in [1.82, 2.24) is 24.8 Å². The summed E-state index contributed by atoms with van der Waals surface area (Å²) < 4.78 is 0. The molecule has 170 valence electrons. The number of H-pyrrole nitrogens is 1. The van der Waals surface area contributed by atoms with Gasteiger partial charge in [0.1, 0.15) is 5.65 Å². The van der Waals surface area contributed by atoms with E-state index in [2.05, 4.69) is 62.3 Å². The average Bonchev–Trinajstić information content (AvgIpc) is 3.33. The van der Waals surface area contributed by atoms with Crippen LogP contribution in [0.3, 0.4) is 0 Å². The maximum Gasteiger partial charge on any atom is 0.138 e. The molecule has 0 spiro atoms. The van der Waals surface area contributed by atoms with E-state index in [9.17, 15) is 5.11 Å². The van der Waals surface area contributed by atoms with E-state index in [0.717, 1.165) is 56.9 Å². The van der Waals surface area contributed by atoms with E-state index >= 15 is 0 Å². The van der Waals surface area contributed by atoms with Gasteiger partial charge in [-0.2, -0.15) is 0 Å². The minimum absolute atomic E-state index is 0.155. The van der Waals surface area contributed by atoms with E-state index in [-0.39, 0.29) is 6.61 Å². The first-order valence-corrected chi connectivity index (χ1v) is 11.4. The summed E-state index contributed by atoms with van der Waals surface area (Å²) in [5, 5.41) is 10.2. The number of benzene rings is 1. The number of likely N-dealkylation sites (N-methyl/N-ethyl adjacent to an activating group) is 1. The largest absolute Gasteiger partial charge is 0.395 e. The summed E-state index contributed by atoms with van der Waals surface area (Å²) in [4.78, 5) is 19.4. The van der Waals surface area contributed by atoms with Crippen LogP contribution in [0.4, 0.5) is 0 Å². The molecule has 0 amide bonds. The van der Waals surface area contributed by atoms with Crippen molar-refractivity contribution in [3.63, 3.8) is 0 Å². The Hall–Kier alpha value is -3.87. The molecule has 2 N–H and O–H groups in total. The molecule has 0 atom stereocenters. The summed E-state index contributed by atoms with van der Waals surface area (Å²) >= 11 is 0. The molecule has 6 heteroatoms. The first-order valence-electron chi connectivity index (χ1n) is 11.4. The number of aliphatic hydroxyl groups is 1. The van der Waals surface area contributed by atoms with Crippen molar-refractivity contribution in [3.8, 4) is 33.6 Å². The number of nitrogens with zero attached hydrogens (tertiary/aromatic N) is 4. The number of aromatic nitrogens is 4. The highest BCUT2D eigenvalue weighted by Gasteiger charge is 2.13. The molecule has 0 saturated heterocycles. The highest BCUT2D eigenvalue weighted by atomic mass is 16.3. The highest BCUT2D eigenvalue weighted by Crippen LogP contribution is 2.33. The van der Waals surface area contributed by atoms with E-state index < -0.39 is 0 Å². The number of hydrogen-bond donors (Lipinski definition) is 2. The van der Waals surface area contributed by atoms with Crippen LogP contribution in [-0.4, -0.2) is 50.1 Å². The second-order valence-electron chi connectivity index (χ2n) is 8.58. The van der Waals surface area contributed by atoms with Crippen LogP contribution in [0.25, 0.3) is 44.7 Å². The fourth-order valence-electron chi connectivity index (χ4n) is 4.25. The standard InChI is InChI=1S/C28H27N5O/c1-19-5-3-8-26(31-19)27-15-25(24-9-10-30-28(24)32-27)23-14-22(16-29-17-23)21-7-4-6-20(13-21)18-33(2)11-12-34/h3-10,13-17,34H,11-12,18H2,1-2H3,(H,30,32). The van der Waals surface area contributed by atoms with Gasteiger partial charge in [-0.05, 0) is 67.1 Å². The summed E-state index contributed by atoms with van der Waals surface area (Å²) in [6, 6.07) is 20.8. The molecule has 0 bridgehead atoms. The van der Waals surface area contributed by atoms with Crippen molar-refractivity contribution in [2.24, 2.45) is 0 Å². The van der Waals surface area contributed by atoms with Gasteiger partial charge >= 0.3 is 0 Å². The number of aliphatic hydroxyl groups excluding tert-OH is 1. The lowest BCUT2D eigenvalue weighted by Gasteiger charge is -2.15. The number of aromatic amines is 1. The molecule has 4 aromatic heterocycles. The Kier molecular flexibility index (Phi) is 6.16. The minimum Gasteiger partial charge on any atom is -0.395 e. The van der Waals surface area contributed by atoms with E-state index in [1.807, 2.05) is 50.8 Å². The van der Waals surface area contributed by atoms with Crippen LogP contribution in [-0.2, 0) is 6.54 Å². The molecule has 0 aliphatic rings. The van der Waals surface area contributed by atoms with Gasteiger partial charge in [0.2, 0.25) is 0 Å². The van der Waals surface area contributed by atoms with Crippen LogP contribution >= 0.6 is 0 Å². The number of rotatable bonds is 7. The third kappa shape index (κ3) is 4.59. The Balaban J connectivity index is 1.55. The lowest BCUT2D eigenvalue weighted by atomic mass is 9.98. The predicted octanol–water partition coefficient (Wildman–Crippen LogP) is 5.09. The van der Waals surface area contributed by atoms with Crippen molar-refractivity contribution >= 4 is 11.0 Å². The molecule has 5 aromatic rings. The average molecular weight is 450 g/mol. The Labute approximate surface area is 199 Å². The third-order valence-electron chi connectivity index (χ3n) is 5.92. The number of pyridine rings is 3. The maximum atomic E-state index is 9.19. The zero-order chi connectivity index (χ0) is 23.5. The summed E-state index contributed by atoms with van der Waals surface area (Å²) in [5.41, 5.74) is 8.93. The topological polar surface area (TPSA) is 77.9 Å². The van der Waals surface area contributed by atoms with Gasteiger partial charge in [-0.1, -0.05) is 24.3 Å². The molecule has 5 rings (SSSR count). The summed E-state index contributed by atoms with van der Waals surface area (Å²) in [7, 11) is 2.01. The van der Waals surface area contributed by atoms with Gasteiger partial charge in [-0.25, -0.2) is 4.98 Å². The molecule has 0 aliphatic heterocycles. The Morgan fingerprint density at radius 2 is 1.74 bits per heavy atom. The van der Waals surface area contributed by atoms with Gasteiger partial charge < -0.3 is 10.1 Å². The number of hydrogen-bond acceptors (Lipinski definition) is 5. The zero-order valence-electron chi connectivity index (χ0n) is 19.4. The first kappa shape index (κ1) is 21.9. The Morgan fingerprint density at radius 1 is 0.882 bits per heavy atom. The molecule has 4 heterocycles. The summed E-state index contributed by atoms with van der Waals surface area (Å²) in [6.45, 7) is 3.57. The monoisotopic (exact) mass is 449 g/mol. The number of aryl methyl sites for hydroxylation is 1. The number of fused-ring (bicyclic) bond motifs is 1.